The molecule has 1 aromatic carbocycles. The summed E-state index contributed by atoms with van der Waals surface area (Å²) in [4.78, 5) is 22.6. The van der Waals surface area contributed by atoms with Crippen molar-refractivity contribution in [3.05, 3.63) is 35.4 Å². The smallest absolute Gasteiger partial charge is 0.326 e. The molecule has 0 spiro atoms. The number of carbonyl (C=O) groups is 2. The van der Waals surface area contributed by atoms with E-state index in [9.17, 15) is 9.59 Å². The Kier molecular flexibility index (Phi) is 5.36. The molecule has 0 saturated carbocycles. The van der Waals surface area contributed by atoms with Crippen molar-refractivity contribution in [2.24, 2.45) is 0 Å². The van der Waals surface area contributed by atoms with E-state index >= 15 is 0 Å². The minimum absolute atomic E-state index is 0.211. The lowest BCUT2D eigenvalue weighted by atomic mass is 10.0. The molecule has 0 fully saturated rings. The molecule has 4 heteroatoms. The van der Waals surface area contributed by atoms with E-state index in [0.717, 1.165) is 11.1 Å². The normalized spacial score (nSPS) is 11.9. The lowest BCUT2D eigenvalue weighted by Crippen LogP contribution is -2.42. The maximum absolute atomic E-state index is 11.4. The van der Waals surface area contributed by atoms with Crippen LogP contribution in [0.2, 0.25) is 0 Å². The molecule has 4 nitrogen and oxygen atoms in total. The fourth-order valence-electron chi connectivity index (χ4n) is 1.77. The third kappa shape index (κ3) is 4.57. The van der Waals surface area contributed by atoms with E-state index in [1.54, 1.807) is 0 Å². The van der Waals surface area contributed by atoms with Crippen molar-refractivity contribution in [2.75, 3.05) is 0 Å². The van der Waals surface area contributed by atoms with Gasteiger partial charge in [-0.1, -0.05) is 36.8 Å². The second-order valence-corrected chi connectivity index (χ2v) is 4.40. The van der Waals surface area contributed by atoms with Gasteiger partial charge >= 0.3 is 5.97 Å². The van der Waals surface area contributed by atoms with Gasteiger partial charge in [-0.3, -0.25) is 4.79 Å². The number of amides is 1. The van der Waals surface area contributed by atoms with Crippen molar-refractivity contribution in [3.8, 4) is 0 Å². The van der Waals surface area contributed by atoms with Crippen molar-refractivity contribution in [3.63, 3.8) is 0 Å². The van der Waals surface area contributed by atoms with Gasteiger partial charge in [0.15, 0.2) is 0 Å². The van der Waals surface area contributed by atoms with Crippen LogP contribution < -0.4 is 5.32 Å². The Hall–Kier alpha value is -1.84. The molecule has 0 aliphatic heterocycles. The summed E-state index contributed by atoms with van der Waals surface area (Å²) >= 11 is 0. The van der Waals surface area contributed by atoms with E-state index < -0.39 is 12.0 Å². The lowest BCUT2D eigenvalue weighted by Gasteiger charge is -2.14. The molecule has 1 rings (SSSR count). The monoisotopic (exact) mass is 249 g/mol. The van der Waals surface area contributed by atoms with Crippen LogP contribution in [0.5, 0.6) is 0 Å². The molecule has 18 heavy (non-hydrogen) atoms. The summed E-state index contributed by atoms with van der Waals surface area (Å²) in [5.41, 5.74) is 2.00. The van der Waals surface area contributed by atoms with E-state index in [1.807, 2.05) is 38.1 Å². The van der Waals surface area contributed by atoms with E-state index in [1.165, 1.54) is 0 Å². The number of nitrogens with one attached hydrogen (secondary N) is 1. The summed E-state index contributed by atoms with van der Waals surface area (Å²) in [6.07, 6.45) is 1.38. The van der Waals surface area contributed by atoms with Crippen molar-refractivity contribution in [1.29, 1.82) is 0 Å². The van der Waals surface area contributed by atoms with Gasteiger partial charge in [0.1, 0.15) is 6.04 Å². The molecule has 1 amide bonds. The van der Waals surface area contributed by atoms with Crippen LogP contribution in [0.4, 0.5) is 0 Å². The van der Waals surface area contributed by atoms with Crippen molar-refractivity contribution in [2.45, 2.75) is 39.2 Å². The predicted molar refractivity (Wildman–Crippen MR) is 69.4 cm³/mol. The first-order valence-corrected chi connectivity index (χ1v) is 6.10. The summed E-state index contributed by atoms with van der Waals surface area (Å²) in [6, 6.07) is 6.79. The van der Waals surface area contributed by atoms with Crippen LogP contribution in [0.25, 0.3) is 0 Å². The Morgan fingerprint density at radius 2 is 2.11 bits per heavy atom. The molecule has 98 valence electrons. The zero-order valence-corrected chi connectivity index (χ0v) is 10.8. The zero-order valence-electron chi connectivity index (χ0n) is 10.8. The number of carboxylic acids is 1. The standard InChI is InChI=1S/C14H19NO3/c1-3-5-13(16)15-12(14(17)18)9-11-7-4-6-10(2)8-11/h4,6-8,12H,3,5,9H2,1-2H3,(H,15,16)(H,17,18). The van der Waals surface area contributed by atoms with Crippen LogP contribution in [0.15, 0.2) is 24.3 Å². The molecule has 2 N–H and O–H groups in total. The van der Waals surface area contributed by atoms with Crippen molar-refractivity contribution in [1.82, 2.24) is 5.32 Å². The molecule has 0 aliphatic carbocycles. The lowest BCUT2D eigenvalue weighted by molar-refractivity contribution is -0.141. The van der Waals surface area contributed by atoms with Gasteiger partial charge in [0, 0.05) is 12.8 Å². The highest BCUT2D eigenvalue weighted by atomic mass is 16.4. The largest absolute Gasteiger partial charge is 0.480 e. The average Bonchev–Trinajstić information content (AvgIpc) is 2.28. The number of hydrogen-bond donors (Lipinski definition) is 2. The van der Waals surface area contributed by atoms with E-state index in [4.69, 9.17) is 5.11 Å². The van der Waals surface area contributed by atoms with E-state index in [-0.39, 0.29) is 5.91 Å². The van der Waals surface area contributed by atoms with E-state index in [0.29, 0.717) is 19.3 Å². The molecular weight excluding hydrogens is 230 g/mol. The van der Waals surface area contributed by atoms with Crippen LogP contribution in [0.3, 0.4) is 0 Å². The fraction of sp³-hybridized carbons (Fsp3) is 0.429. The van der Waals surface area contributed by atoms with Crippen LogP contribution in [0, 0.1) is 6.92 Å². The van der Waals surface area contributed by atoms with Crippen LogP contribution in [-0.2, 0) is 16.0 Å². The maximum Gasteiger partial charge on any atom is 0.326 e. The summed E-state index contributed by atoms with van der Waals surface area (Å²) in [5.74, 6) is -1.21. The second-order valence-electron chi connectivity index (χ2n) is 4.40. The highest BCUT2D eigenvalue weighted by Gasteiger charge is 2.19. The molecule has 1 aromatic rings. The number of carbonyl (C=O) groups excluding carboxylic acids is 1. The Bertz CT molecular complexity index is 429. The summed E-state index contributed by atoms with van der Waals surface area (Å²) in [7, 11) is 0. The number of aryl methyl sites for hydroxylation is 1. The first-order valence-electron chi connectivity index (χ1n) is 6.10. The first kappa shape index (κ1) is 14.2. The van der Waals surface area contributed by atoms with Crippen molar-refractivity contribution >= 4 is 11.9 Å². The maximum atomic E-state index is 11.4. The molecule has 0 aromatic heterocycles. The first-order chi connectivity index (χ1) is 8.52. The van der Waals surface area contributed by atoms with Crippen LogP contribution in [-0.4, -0.2) is 23.0 Å². The zero-order chi connectivity index (χ0) is 13.5. The Morgan fingerprint density at radius 1 is 1.39 bits per heavy atom. The molecule has 0 radical (unpaired) electrons. The minimum Gasteiger partial charge on any atom is -0.480 e. The van der Waals surface area contributed by atoms with Crippen LogP contribution in [0.1, 0.15) is 30.9 Å². The molecule has 0 bridgehead atoms. The predicted octanol–water partition coefficient (Wildman–Crippen LogP) is 1.91. The summed E-state index contributed by atoms with van der Waals surface area (Å²) in [6.45, 7) is 3.84. The Balaban J connectivity index is 2.69. The third-order valence-corrected chi connectivity index (χ3v) is 2.63. The molecule has 0 aliphatic rings. The topological polar surface area (TPSA) is 66.4 Å². The molecule has 0 saturated heterocycles. The number of carboxylic acid groups (broad SMARTS) is 1. The number of aliphatic carboxylic acids is 1. The van der Waals surface area contributed by atoms with Crippen molar-refractivity contribution < 1.29 is 14.7 Å². The SMILES string of the molecule is CCCC(=O)NC(Cc1cccc(C)c1)C(=O)O. The van der Waals surface area contributed by atoms with Gasteiger partial charge in [-0.15, -0.1) is 0 Å². The fourth-order valence-corrected chi connectivity index (χ4v) is 1.77. The highest BCUT2D eigenvalue weighted by Crippen LogP contribution is 2.07. The van der Waals surface area contributed by atoms with E-state index in [2.05, 4.69) is 5.32 Å². The van der Waals surface area contributed by atoms with Gasteiger partial charge in [-0.05, 0) is 18.9 Å². The minimum atomic E-state index is -0.999. The quantitative estimate of drug-likeness (QED) is 0.809. The average molecular weight is 249 g/mol. The second kappa shape index (κ2) is 6.79. The number of hydrogen-bond acceptors (Lipinski definition) is 2. The molecule has 1 atom stereocenters. The van der Waals surface area contributed by atoms with Gasteiger partial charge in [-0.2, -0.15) is 0 Å². The highest BCUT2D eigenvalue weighted by molar-refractivity contribution is 5.83. The summed E-state index contributed by atoms with van der Waals surface area (Å²) < 4.78 is 0. The number of benzene rings is 1. The Morgan fingerprint density at radius 3 is 2.67 bits per heavy atom. The summed E-state index contributed by atoms with van der Waals surface area (Å²) in [5, 5.41) is 11.7. The van der Waals surface area contributed by atoms with Gasteiger partial charge in [0.05, 0.1) is 0 Å². The molecule has 1 unspecified atom stereocenters. The number of rotatable bonds is 6. The molecular formula is C14H19NO3. The Labute approximate surface area is 107 Å². The van der Waals surface area contributed by atoms with Gasteiger partial charge in [-0.25, -0.2) is 4.79 Å². The third-order valence-electron chi connectivity index (χ3n) is 2.63. The van der Waals surface area contributed by atoms with Gasteiger partial charge < -0.3 is 10.4 Å². The van der Waals surface area contributed by atoms with Gasteiger partial charge in [0.25, 0.3) is 0 Å². The molecule has 0 heterocycles. The van der Waals surface area contributed by atoms with Crippen LogP contribution >= 0.6 is 0 Å². The van der Waals surface area contributed by atoms with Gasteiger partial charge in [0.2, 0.25) is 5.91 Å².